The molecular weight excluding hydrogens is 564 g/mol. The van der Waals surface area contributed by atoms with E-state index in [1.54, 1.807) is 0 Å². The molecule has 6 atom stereocenters. The number of aromatic hydroxyl groups is 1. The Morgan fingerprint density at radius 1 is 1.00 bits per heavy atom. The van der Waals surface area contributed by atoms with Gasteiger partial charge in [0.1, 0.15) is 24.1 Å². The van der Waals surface area contributed by atoms with Crippen molar-refractivity contribution in [3.05, 3.63) is 56.8 Å². The number of aliphatic hydroxyl groups excluding tert-OH is 4. The van der Waals surface area contributed by atoms with Crippen LogP contribution < -0.4 is 5.43 Å². The standard InChI is InChI=1S/C27H28O15/c28-15-2-1-13-14-8-12(27(38,39)21(14)32)7-11-5-10(6-16(29)18(15)17(11)13)9-26(24(34)35,25(36)37)3-4-40-23-20(31)19(30)22(33)41-42-23/h1-2,5-7,14,19-23,28,30-33,38-39H,3-4,8-9H2,(H,34,35)(H,36,37). The van der Waals surface area contributed by atoms with Crippen LogP contribution in [0.25, 0.3) is 16.8 Å². The first-order valence-electron chi connectivity index (χ1n) is 12.8. The molecule has 2 aromatic carbocycles. The average molecular weight is 593 g/mol. The van der Waals surface area contributed by atoms with Gasteiger partial charge in [-0.1, -0.05) is 12.1 Å². The lowest BCUT2D eigenvalue weighted by atomic mass is 9.79. The summed E-state index contributed by atoms with van der Waals surface area (Å²) in [7, 11) is 0. The third kappa shape index (κ3) is 4.74. The first-order valence-corrected chi connectivity index (χ1v) is 12.8. The van der Waals surface area contributed by atoms with Crippen LogP contribution in [0, 0.1) is 5.41 Å². The predicted octanol–water partition coefficient (Wildman–Crippen LogP) is -1.74. The molecule has 1 aliphatic heterocycles. The van der Waals surface area contributed by atoms with Gasteiger partial charge in [-0.05, 0) is 59.7 Å². The molecule has 0 amide bonds. The summed E-state index contributed by atoms with van der Waals surface area (Å²) in [5.41, 5.74) is -2.98. The van der Waals surface area contributed by atoms with Crippen molar-refractivity contribution in [1.82, 2.24) is 0 Å². The number of benzene rings is 1. The fraction of sp³-hybridized carbons (Fsp3) is 0.444. The van der Waals surface area contributed by atoms with E-state index in [2.05, 4.69) is 9.78 Å². The quantitative estimate of drug-likeness (QED) is 0.0936. The minimum absolute atomic E-state index is 0.00159. The summed E-state index contributed by atoms with van der Waals surface area (Å²) in [6.07, 6.45) is -9.05. The molecule has 0 aromatic heterocycles. The highest BCUT2D eigenvalue weighted by Crippen LogP contribution is 2.50. The van der Waals surface area contributed by atoms with E-state index >= 15 is 0 Å². The van der Waals surface area contributed by atoms with Crippen molar-refractivity contribution in [2.45, 2.75) is 61.9 Å². The largest absolute Gasteiger partial charge is 0.507 e. The number of carboxylic acid groups (broad SMARTS) is 2. The van der Waals surface area contributed by atoms with Crippen LogP contribution in [0.2, 0.25) is 0 Å². The molecule has 9 N–H and O–H groups in total. The monoisotopic (exact) mass is 592 g/mol. The smallest absolute Gasteiger partial charge is 0.321 e. The molecule has 6 unspecified atom stereocenters. The third-order valence-corrected chi connectivity index (χ3v) is 8.15. The van der Waals surface area contributed by atoms with Gasteiger partial charge in [0.2, 0.25) is 18.4 Å². The molecule has 1 saturated heterocycles. The lowest BCUT2D eigenvalue weighted by molar-refractivity contribution is -0.488. The molecule has 2 bridgehead atoms. The summed E-state index contributed by atoms with van der Waals surface area (Å²) >= 11 is 0. The summed E-state index contributed by atoms with van der Waals surface area (Å²) in [5, 5.41) is 91.5. The fourth-order valence-corrected chi connectivity index (χ4v) is 5.77. The van der Waals surface area contributed by atoms with Gasteiger partial charge < -0.3 is 50.7 Å². The van der Waals surface area contributed by atoms with Gasteiger partial charge in [0.15, 0.2) is 10.8 Å². The van der Waals surface area contributed by atoms with Crippen LogP contribution in [0.1, 0.15) is 35.4 Å². The molecular formula is C27H28O15. The molecule has 2 aliphatic carbocycles. The van der Waals surface area contributed by atoms with E-state index < -0.39 is 90.6 Å². The Morgan fingerprint density at radius 3 is 2.36 bits per heavy atom. The van der Waals surface area contributed by atoms with Crippen LogP contribution in [0.3, 0.4) is 0 Å². The number of aliphatic hydroxyl groups is 6. The molecule has 15 nitrogen and oxygen atoms in total. The molecule has 1 saturated carbocycles. The molecule has 226 valence electrons. The number of aliphatic carboxylic acids is 2. The van der Waals surface area contributed by atoms with Crippen molar-refractivity contribution in [2.24, 2.45) is 5.41 Å². The maximum absolute atomic E-state index is 13.4. The van der Waals surface area contributed by atoms with Gasteiger partial charge in [-0.15, -0.1) is 0 Å². The van der Waals surface area contributed by atoms with Crippen molar-refractivity contribution in [1.29, 1.82) is 0 Å². The topological polar surface area (TPSA) is 261 Å². The van der Waals surface area contributed by atoms with Crippen LogP contribution in [0.5, 0.6) is 5.75 Å². The molecule has 2 aromatic rings. The molecule has 0 spiro atoms. The number of carboxylic acids is 2. The summed E-state index contributed by atoms with van der Waals surface area (Å²) < 4.78 is 5.20. The highest BCUT2D eigenvalue weighted by molar-refractivity contribution is 6.00. The molecule has 15 heteroatoms. The molecule has 1 heterocycles. The maximum Gasteiger partial charge on any atom is 0.321 e. The zero-order valence-corrected chi connectivity index (χ0v) is 21.7. The first kappa shape index (κ1) is 30.0. The normalized spacial score (nSPS) is 28.3. The van der Waals surface area contributed by atoms with Gasteiger partial charge in [-0.2, -0.15) is 9.78 Å². The zero-order chi connectivity index (χ0) is 30.7. The molecule has 2 fully saturated rings. The Hall–Kier alpha value is -3.51. The second-order valence-electron chi connectivity index (χ2n) is 10.7. The van der Waals surface area contributed by atoms with Crippen LogP contribution in [0.4, 0.5) is 0 Å². The summed E-state index contributed by atoms with van der Waals surface area (Å²) in [6.45, 7) is -0.656. The van der Waals surface area contributed by atoms with Crippen molar-refractivity contribution >= 4 is 28.8 Å². The maximum atomic E-state index is 13.4. The van der Waals surface area contributed by atoms with Crippen LogP contribution in [-0.2, 0) is 30.5 Å². The number of hydrogen-bond acceptors (Lipinski definition) is 13. The minimum Gasteiger partial charge on any atom is -0.507 e. The Bertz CT molecular complexity index is 1520. The van der Waals surface area contributed by atoms with Gasteiger partial charge in [0.05, 0.1) is 12.0 Å². The fourth-order valence-electron chi connectivity index (χ4n) is 5.77. The van der Waals surface area contributed by atoms with E-state index in [1.165, 1.54) is 24.3 Å². The molecule has 42 heavy (non-hydrogen) atoms. The SMILES string of the molecule is O=C(O)C(CCOC1OOC(O)C(O)C1O)(Cc1cc2c3c(ccc(O)c3c(=O)c1)C1CC(=C2)C(O)(O)C1O)C(=O)O. The van der Waals surface area contributed by atoms with Gasteiger partial charge in [0.25, 0.3) is 0 Å². The number of phenolic OH excluding ortho intramolecular Hbond substituents is 1. The Morgan fingerprint density at radius 2 is 1.69 bits per heavy atom. The number of ether oxygens (including phenoxy) is 1. The first-order chi connectivity index (χ1) is 19.7. The second kappa shape index (κ2) is 10.6. The Balaban J connectivity index is 1.56. The second-order valence-corrected chi connectivity index (χ2v) is 10.7. The van der Waals surface area contributed by atoms with Gasteiger partial charge >= 0.3 is 11.9 Å². The molecule has 5 rings (SSSR count). The lowest BCUT2D eigenvalue weighted by Crippen LogP contribution is -2.53. The van der Waals surface area contributed by atoms with E-state index in [0.29, 0.717) is 5.56 Å². The van der Waals surface area contributed by atoms with E-state index in [9.17, 15) is 60.3 Å². The van der Waals surface area contributed by atoms with Crippen molar-refractivity contribution < 1.29 is 70.1 Å². The Labute approximate surface area is 235 Å². The van der Waals surface area contributed by atoms with Gasteiger partial charge in [-0.3, -0.25) is 14.4 Å². The summed E-state index contributed by atoms with van der Waals surface area (Å²) in [4.78, 5) is 47.2. The predicted molar refractivity (Wildman–Crippen MR) is 136 cm³/mol. The molecule has 0 radical (unpaired) electrons. The van der Waals surface area contributed by atoms with Gasteiger partial charge in [0, 0.05) is 11.3 Å². The average Bonchev–Trinajstić information content (AvgIpc) is 3.04. The van der Waals surface area contributed by atoms with E-state index in [4.69, 9.17) is 4.74 Å². The van der Waals surface area contributed by atoms with Gasteiger partial charge in [-0.25, -0.2) is 0 Å². The van der Waals surface area contributed by atoms with E-state index in [-0.39, 0.29) is 33.9 Å². The van der Waals surface area contributed by atoms with Crippen LogP contribution in [-0.4, -0.2) is 101 Å². The van der Waals surface area contributed by atoms with E-state index in [1.807, 2.05) is 0 Å². The highest BCUT2D eigenvalue weighted by atomic mass is 17.2. The van der Waals surface area contributed by atoms with Crippen LogP contribution in [0.15, 0.2) is 34.6 Å². The van der Waals surface area contributed by atoms with Crippen LogP contribution >= 0.6 is 0 Å². The van der Waals surface area contributed by atoms with Crippen molar-refractivity contribution in [3.63, 3.8) is 0 Å². The number of carbonyl (C=O) groups is 2. The third-order valence-electron chi connectivity index (χ3n) is 8.15. The summed E-state index contributed by atoms with van der Waals surface area (Å²) in [5.74, 6) is -7.47. The zero-order valence-electron chi connectivity index (χ0n) is 21.7. The number of fused-ring (bicyclic) bond motifs is 3. The van der Waals surface area contributed by atoms with E-state index in [0.717, 1.165) is 6.07 Å². The highest BCUT2D eigenvalue weighted by Gasteiger charge is 2.52. The lowest BCUT2D eigenvalue weighted by Gasteiger charge is -2.34. The van der Waals surface area contributed by atoms with Crippen molar-refractivity contribution in [2.75, 3.05) is 6.61 Å². The number of hydrogen-bond donors (Lipinski definition) is 9. The van der Waals surface area contributed by atoms with Crippen molar-refractivity contribution in [3.8, 4) is 5.75 Å². The minimum atomic E-state index is -2.61. The number of rotatable bonds is 8. The Kier molecular flexibility index (Phi) is 7.59. The number of phenols is 1. The summed E-state index contributed by atoms with van der Waals surface area (Å²) in [6, 6.07) is 4.93. The molecule has 3 aliphatic rings.